The maximum atomic E-state index is 12.9. The van der Waals surface area contributed by atoms with Gasteiger partial charge in [0.05, 0.1) is 6.54 Å². The Labute approximate surface area is 125 Å². The van der Waals surface area contributed by atoms with Gasteiger partial charge in [-0.25, -0.2) is 9.18 Å². The summed E-state index contributed by atoms with van der Waals surface area (Å²) in [5.74, 6) is 0.144. The predicted molar refractivity (Wildman–Crippen MR) is 81.4 cm³/mol. The van der Waals surface area contributed by atoms with Gasteiger partial charge in [-0.15, -0.1) is 0 Å². The van der Waals surface area contributed by atoms with Gasteiger partial charge in [0.2, 0.25) is 0 Å². The number of halogens is 1. The third-order valence-electron chi connectivity index (χ3n) is 3.26. The number of carbonyl (C=O) groups is 1. The van der Waals surface area contributed by atoms with Crippen LogP contribution in [0.4, 0.5) is 9.18 Å². The molecule has 0 fully saturated rings. The molecule has 118 valence electrons. The van der Waals surface area contributed by atoms with E-state index in [4.69, 9.17) is 0 Å². The molecule has 5 heteroatoms. The highest BCUT2D eigenvalue weighted by Gasteiger charge is 2.24. The molecule has 2 unspecified atom stereocenters. The van der Waals surface area contributed by atoms with Crippen LogP contribution in [-0.2, 0) is 5.60 Å². The molecule has 1 rings (SSSR count). The van der Waals surface area contributed by atoms with Crippen molar-refractivity contribution in [2.24, 2.45) is 5.92 Å². The van der Waals surface area contributed by atoms with Crippen molar-refractivity contribution in [1.29, 1.82) is 0 Å². The fourth-order valence-corrected chi connectivity index (χ4v) is 2.20. The summed E-state index contributed by atoms with van der Waals surface area (Å²) in [5.41, 5.74) is -0.689. The second-order valence-electron chi connectivity index (χ2n) is 6.14. The third-order valence-corrected chi connectivity index (χ3v) is 3.26. The van der Waals surface area contributed by atoms with Gasteiger partial charge in [0.1, 0.15) is 11.4 Å². The summed E-state index contributed by atoms with van der Waals surface area (Å²) in [6.07, 6.45) is 0.891. The molecule has 2 amide bonds. The molecule has 1 aromatic carbocycles. The van der Waals surface area contributed by atoms with Gasteiger partial charge in [0, 0.05) is 6.04 Å². The summed E-state index contributed by atoms with van der Waals surface area (Å²) in [4.78, 5) is 11.8. The molecule has 2 atom stereocenters. The Balaban J connectivity index is 2.49. The molecule has 0 radical (unpaired) electrons. The number of amides is 2. The van der Waals surface area contributed by atoms with E-state index >= 15 is 0 Å². The van der Waals surface area contributed by atoms with Gasteiger partial charge >= 0.3 is 6.03 Å². The molecular formula is C16H25FN2O2. The molecule has 0 aliphatic carbocycles. The maximum absolute atomic E-state index is 12.9. The Bertz CT molecular complexity index is 458. The van der Waals surface area contributed by atoms with Crippen LogP contribution >= 0.6 is 0 Å². The molecule has 0 heterocycles. The first-order chi connectivity index (χ1) is 9.70. The van der Waals surface area contributed by atoms with Gasteiger partial charge in [-0.2, -0.15) is 0 Å². The van der Waals surface area contributed by atoms with Crippen LogP contribution in [0.3, 0.4) is 0 Å². The number of hydrogen-bond donors (Lipinski definition) is 3. The lowest BCUT2D eigenvalue weighted by Gasteiger charge is -2.25. The smallest absolute Gasteiger partial charge is 0.315 e. The molecule has 4 nitrogen and oxygen atoms in total. The zero-order chi connectivity index (χ0) is 16.0. The molecule has 0 spiro atoms. The Hall–Kier alpha value is -1.62. The van der Waals surface area contributed by atoms with Crippen LogP contribution in [0.15, 0.2) is 24.3 Å². The lowest BCUT2D eigenvalue weighted by atomic mass is 9.96. The van der Waals surface area contributed by atoms with Crippen LogP contribution in [-0.4, -0.2) is 23.7 Å². The molecule has 1 aromatic rings. The average molecular weight is 296 g/mol. The number of rotatable bonds is 6. The zero-order valence-electron chi connectivity index (χ0n) is 13.1. The van der Waals surface area contributed by atoms with E-state index in [0.29, 0.717) is 11.5 Å². The minimum absolute atomic E-state index is 0.0544. The third kappa shape index (κ3) is 6.12. The van der Waals surface area contributed by atoms with E-state index in [1.165, 1.54) is 24.3 Å². The van der Waals surface area contributed by atoms with E-state index < -0.39 is 5.60 Å². The van der Waals surface area contributed by atoms with Crippen LogP contribution in [0.1, 0.15) is 39.7 Å². The Morgan fingerprint density at radius 1 is 1.29 bits per heavy atom. The van der Waals surface area contributed by atoms with Crippen LogP contribution in [0, 0.1) is 11.7 Å². The largest absolute Gasteiger partial charge is 0.384 e. The fourth-order valence-electron chi connectivity index (χ4n) is 2.20. The van der Waals surface area contributed by atoms with Crippen molar-refractivity contribution in [3.8, 4) is 0 Å². The summed E-state index contributed by atoms with van der Waals surface area (Å²) < 4.78 is 12.9. The Morgan fingerprint density at radius 3 is 2.38 bits per heavy atom. The minimum Gasteiger partial charge on any atom is -0.384 e. The number of benzene rings is 1. The van der Waals surface area contributed by atoms with Gasteiger partial charge < -0.3 is 15.7 Å². The van der Waals surface area contributed by atoms with Crippen molar-refractivity contribution in [2.45, 2.75) is 45.8 Å². The topological polar surface area (TPSA) is 61.4 Å². The van der Waals surface area contributed by atoms with Gasteiger partial charge in [-0.05, 0) is 43.9 Å². The van der Waals surface area contributed by atoms with Crippen LogP contribution in [0.5, 0.6) is 0 Å². The standard InChI is InChI=1S/C16H25FN2O2/c1-11(2)9-12(3)19-15(20)18-10-16(4,21)13-5-7-14(17)8-6-13/h5-8,11-12,21H,9-10H2,1-4H3,(H2,18,19,20). The number of nitrogens with one attached hydrogen (secondary N) is 2. The first kappa shape index (κ1) is 17.4. The molecule has 0 saturated heterocycles. The highest BCUT2D eigenvalue weighted by Crippen LogP contribution is 2.19. The quantitative estimate of drug-likeness (QED) is 0.756. The number of hydrogen-bond acceptors (Lipinski definition) is 2. The lowest BCUT2D eigenvalue weighted by molar-refractivity contribution is 0.0592. The Kier molecular flexibility index (Phi) is 6.15. The van der Waals surface area contributed by atoms with Crippen LogP contribution in [0.25, 0.3) is 0 Å². The van der Waals surface area contributed by atoms with Crippen molar-refractivity contribution in [1.82, 2.24) is 10.6 Å². The highest BCUT2D eigenvalue weighted by atomic mass is 19.1. The lowest BCUT2D eigenvalue weighted by Crippen LogP contribution is -2.46. The van der Waals surface area contributed by atoms with E-state index in [-0.39, 0.29) is 24.4 Å². The molecule has 21 heavy (non-hydrogen) atoms. The van der Waals surface area contributed by atoms with Crippen molar-refractivity contribution < 1.29 is 14.3 Å². The number of urea groups is 1. The van der Waals surface area contributed by atoms with Crippen LogP contribution in [0.2, 0.25) is 0 Å². The van der Waals surface area contributed by atoms with E-state index in [0.717, 1.165) is 6.42 Å². The van der Waals surface area contributed by atoms with Crippen LogP contribution < -0.4 is 10.6 Å². The summed E-state index contributed by atoms with van der Waals surface area (Å²) in [6, 6.07) is 5.35. The van der Waals surface area contributed by atoms with E-state index in [9.17, 15) is 14.3 Å². The van der Waals surface area contributed by atoms with Crippen molar-refractivity contribution >= 4 is 6.03 Å². The number of aliphatic hydroxyl groups is 1. The minimum atomic E-state index is -1.24. The van der Waals surface area contributed by atoms with E-state index in [2.05, 4.69) is 24.5 Å². The molecule has 0 aliphatic rings. The first-order valence-corrected chi connectivity index (χ1v) is 7.23. The second kappa shape index (κ2) is 7.41. The zero-order valence-corrected chi connectivity index (χ0v) is 13.1. The molecule has 3 N–H and O–H groups in total. The summed E-state index contributed by atoms with van der Waals surface area (Å²) in [6.45, 7) is 7.76. The van der Waals surface area contributed by atoms with E-state index in [1.807, 2.05) is 6.92 Å². The summed E-state index contributed by atoms with van der Waals surface area (Å²) in [5, 5.41) is 15.8. The predicted octanol–water partition coefficient (Wildman–Crippen LogP) is 2.77. The summed E-state index contributed by atoms with van der Waals surface area (Å²) >= 11 is 0. The normalized spacial score (nSPS) is 15.4. The molecule has 0 saturated carbocycles. The van der Waals surface area contributed by atoms with Crippen molar-refractivity contribution in [2.75, 3.05) is 6.54 Å². The maximum Gasteiger partial charge on any atom is 0.315 e. The van der Waals surface area contributed by atoms with Gasteiger partial charge in [-0.1, -0.05) is 26.0 Å². The molecular weight excluding hydrogens is 271 g/mol. The molecule has 0 bridgehead atoms. The molecule has 0 aliphatic heterocycles. The highest BCUT2D eigenvalue weighted by molar-refractivity contribution is 5.74. The van der Waals surface area contributed by atoms with E-state index in [1.54, 1.807) is 6.92 Å². The van der Waals surface area contributed by atoms with Gasteiger partial charge in [0.15, 0.2) is 0 Å². The monoisotopic (exact) mass is 296 g/mol. The van der Waals surface area contributed by atoms with Gasteiger partial charge in [0.25, 0.3) is 0 Å². The molecule has 0 aromatic heterocycles. The van der Waals surface area contributed by atoms with Crippen molar-refractivity contribution in [3.05, 3.63) is 35.6 Å². The average Bonchev–Trinajstić information content (AvgIpc) is 2.36. The fraction of sp³-hybridized carbons (Fsp3) is 0.562. The van der Waals surface area contributed by atoms with Crippen molar-refractivity contribution in [3.63, 3.8) is 0 Å². The first-order valence-electron chi connectivity index (χ1n) is 7.23. The SMILES string of the molecule is CC(C)CC(C)NC(=O)NCC(C)(O)c1ccc(F)cc1. The summed E-state index contributed by atoms with van der Waals surface area (Å²) in [7, 11) is 0. The van der Waals surface area contributed by atoms with Gasteiger partial charge in [-0.3, -0.25) is 0 Å². The second-order valence-corrected chi connectivity index (χ2v) is 6.14. The Morgan fingerprint density at radius 2 is 1.86 bits per heavy atom. The number of carbonyl (C=O) groups excluding carboxylic acids is 1.